The van der Waals surface area contributed by atoms with Crippen molar-refractivity contribution in [1.29, 1.82) is 0 Å². The molecule has 1 aliphatic carbocycles. The van der Waals surface area contributed by atoms with Crippen molar-refractivity contribution in [3.63, 3.8) is 0 Å². The average molecular weight is 661 g/mol. The van der Waals surface area contributed by atoms with Crippen molar-refractivity contribution >= 4 is 0 Å². The van der Waals surface area contributed by atoms with E-state index in [2.05, 4.69) is 0 Å². The summed E-state index contributed by atoms with van der Waals surface area (Å²) in [4.78, 5) is 0. The molecule has 0 bridgehead atoms. The summed E-state index contributed by atoms with van der Waals surface area (Å²) < 4.78 is 0. The average Bonchev–Trinajstić information content (AvgIpc) is 3.09. The van der Waals surface area contributed by atoms with Crippen molar-refractivity contribution in [3.05, 3.63) is 0 Å². The Labute approximate surface area is 282 Å². The van der Waals surface area contributed by atoms with Gasteiger partial charge in [0.25, 0.3) is 0 Å². The lowest BCUT2D eigenvalue weighted by atomic mass is 9.42. The lowest BCUT2D eigenvalue weighted by Crippen LogP contribution is -2.70. The van der Waals surface area contributed by atoms with Gasteiger partial charge in [-0.15, -0.1) is 0 Å². The van der Waals surface area contributed by atoms with E-state index in [0.29, 0.717) is 12.8 Å². The second-order valence-corrected chi connectivity index (χ2v) is 15.0. The molecule has 0 aromatic heterocycles. The molecular formula is C38H76O8. The zero-order valence-corrected chi connectivity index (χ0v) is 29.6. The third-order valence-electron chi connectivity index (χ3n) is 12.3. The Morgan fingerprint density at radius 3 is 0.500 bits per heavy atom. The van der Waals surface area contributed by atoms with E-state index in [1.54, 1.807) is 0 Å². The van der Waals surface area contributed by atoms with Crippen LogP contribution in [0.15, 0.2) is 0 Å². The van der Waals surface area contributed by atoms with Gasteiger partial charge in [-0.25, -0.2) is 0 Å². The SMILES string of the molecule is OCC1(CO)CCCCCCCCCCCCCCCCCCCCCCCCCCC(CO)(CO)C(CO)(CO)C1(CO)CO. The van der Waals surface area contributed by atoms with Gasteiger partial charge in [0.2, 0.25) is 0 Å². The van der Waals surface area contributed by atoms with E-state index >= 15 is 0 Å². The molecule has 0 heterocycles. The number of hydrogen-bond donors (Lipinski definition) is 8. The molecule has 276 valence electrons. The number of rotatable bonds is 8. The normalized spacial score (nSPS) is 24.5. The third kappa shape index (κ3) is 11.9. The van der Waals surface area contributed by atoms with Crippen molar-refractivity contribution in [2.75, 3.05) is 52.9 Å². The number of aliphatic hydroxyl groups is 8. The van der Waals surface area contributed by atoms with Crippen molar-refractivity contribution in [2.24, 2.45) is 21.7 Å². The first kappa shape index (κ1) is 43.7. The zero-order chi connectivity index (χ0) is 34.0. The fraction of sp³-hybridized carbons (Fsp3) is 1.00. The van der Waals surface area contributed by atoms with E-state index in [4.69, 9.17) is 0 Å². The van der Waals surface area contributed by atoms with Gasteiger partial charge in [-0.05, 0) is 12.8 Å². The molecule has 0 aromatic rings. The minimum atomic E-state index is -1.78. The van der Waals surface area contributed by atoms with Crippen molar-refractivity contribution < 1.29 is 40.9 Å². The standard InChI is InChI=1S/C38H76O8/c39-27-35(28-40)25-23-21-19-17-15-13-11-9-7-5-3-1-2-4-6-8-10-12-14-16-18-20-22-24-26-36(29-41,30-42)38(33-45,34-46)37(35,31-43)32-44/h39-46H,1-34H2. The maximum atomic E-state index is 11.0. The highest BCUT2D eigenvalue weighted by Gasteiger charge is 2.68. The van der Waals surface area contributed by atoms with E-state index < -0.39 is 74.5 Å². The molecule has 1 aliphatic rings. The van der Waals surface area contributed by atoms with Crippen molar-refractivity contribution in [2.45, 2.75) is 167 Å². The molecule has 0 unspecified atom stereocenters. The van der Waals surface area contributed by atoms with Gasteiger partial charge in [0.15, 0.2) is 0 Å². The summed E-state index contributed by atoms with van der Waals surface area (Å²) in [5.74, 6) is 0. The summed E-state index contributed by atoms with van der Waals surface area (Å²) in [6.45, 7) is -5.31. The van der Waals surface area contributed by atoms with E-state index in [1.165, 1.54) is 103 Å². The van der Waals surface area contributed by atoms with Gasteiger partial charge in [-0.1, -0.05) is 154 Å². The lowest BCUT2D eigenvalue weighted by molar-refractivity contribution is -0.268. The smallest absolute Gasteiger partial charge is 0.0523 e. The molecule has 0 aliphatic heterocycles. The Kier molecular flexibility index (Phi) is 24.3. The molecule has 0 spiro atoms. The first-order valence-electron chi connectivity index (χ1n) is 19.3. The molecule has 0 aromatic carbocycles. The Balaban J connectivity index is 3.13. The largest absolute Gasteiger partial charge is 0.396 e. The van der Waals surface area contributed by atoms with Gasteiger partial charge in [-0.2, -0.15) is 0 Å². The molecule has 1 saturated carbocycles. The molecule has 0 radical (unpaired) electrons. The monoisotopic (exact) mass is 661 g/mol. The molecule has 0 atom stereocenters. The summed E-state index contributed by atoms with van der Waals surface area (Å²) in [6, 6.07) is 0. The van der Waals surface area contributed by atoms with Crippen LogP contribution >= 0.6 is 0 Å². The maximum absolute atomic E-state index is 11.0. The van der Waals surface area contributed by atoms with Crippen LogP contribution in [0.2, 0.25) is 0 Å². The maximum Gasteiger partial charge on any atom is 0.0523 e. The Morgan fingerprint density at radius 2 is 0.370 bits per heavy atom. The highest BCUT2D eigenvalue weighted by atomic mass is 16.3. The van der Waals surface area contributed by atoms with E-state index in [1.807, 2.05) is 0 Å². The minimum absolute atomic E-state index is 0.260. The second kappa shape index (κ2) is 25.6. The summed E-state index contributed by atoms with van der Waals surface area (Å²) in [5.41, 5.74) is -6.48. The highest BCUT2D eigenvalue weighted by Crippen LogP contribution is 2.61. The van der Waals surface area contributed by atoms with Crippen LogP contribution in [0.1, 0.15) is 167 Å². The van der Waals surface area contributed by atoms with Crippen LogP contribution in [-0.2, 0) is 0 Å². The van der Waals surface area contributed by atoms with Crippen LogP contribution in [0.3, 0.4) is 0 Å². The minimum Gasteiger partial charge on any atom is -0.396 e. The Morgan fingerprint density at radius 1 is 0.217 bits per heavy atom. The predicted molar refractivity (Wildman–Crippen MR) is 186 cm³/mol. The van der Waals surface area contributed by atoms with Crippen LogP contribution in [0.25, 0.3) is 0 Å². The quantitative estimate of drug-likeness (QED) is 0.157. The first-order valence-corrected chi connectivity index (χ1v) is 19.3. The molecule has 8 heteroatoms. The van der Waals surface area contributed by atoms with Crippen LogP contribution in [0.4, 0.5) is 0 Å². The van der Waals surface area contributed by atoms with Crippen LogP contribution in [0.5, 0.6) is 0 Å². The van der Waals surface area contributed by atoms with E-state index in [9.17, 15) is 40.9 Å². The second-order valence-electron chi connectivity index (χ2n) is 15.0. The third-order valence-corrected chi connectivity index (χ3v) is 12.3. The predicted octanol–water partition coefficient (Wildman–Crippen LogP) is 6.03. The van der Waals surface area contributed by atoms with Crippen molar-refractivity contribution in [1.82, 2.24) is 0 Å². The molecule has 0 saturated heterocycles. The fourth-order valence-electron chi connectivity index (χ4n) is 8.71. The molecule has 0 amide bonds. The molecule has 8 nitrogen and oxygen atoms in total. The van der Waals surface area contributed by atoms with E-state index in [0.717, 1.165) is 38.5 Å². The molecular weight excluding hydrogens is 584 g/mol. The summed E-state index contributed by atoms with van der Waals surface area (Å²) >= 11 is 0. The summed E-state index contributed by atoms with van der Waals surface area (Å²) in [6.07, 6.45) is 28.5. The topological polar surface area (TPSA) is 162 Å². The molecule has 8 N–H and O–H groups in total. The van der Waals surface area contributed by atoms with Gasteiger partial charge < -0.3 is 40.9 Å². The fourth-order valence-corrected chi connectivity index (χ4v) is 8.71. The highest BCUT2D eigenvalue weighted by molar-refractivity contribution is 5.14. The molecule has 1 rings (SSSR count). The van der Waals surface area contributed by atoms with Gasteiger partial charge in [-0.3, -0.25) is 0 Å². The number of aliphatic hydroxyl groups excluding tert-OH is 8. The van der Waals surface area contributed by atoms with Crippen molar-refractivity contribution in [3.8, 4) is 0 Å². The van der Waals surface area contributed by atoms with Gasteiger partial charge >= 0.3 is 0 Å². The zero-order valence-electron chi connectivity index (χ0n) is 29.6. The van der Waals surface area contributed by atoms with Gasteiger partial charge in [0.05, 0.1) is 52.9 Å². The Hall–Kier alpha value is -0.320. The van der Waals surface area contributed by atoms with Crippen LogP contribution in [-0.4, -0.2) is 93.7 Å². The van der Waals surface area contributed by atoms with E-state index in [-0.39, 0.29) is 12.8 Å². The lowest BCUT2D eigenvalue weighted by Gasteiger charge is -2.63. The van der Waals surface area contributed by atoms with Gasteiger partial charge in [0.1, 0.15) is 0 Å². The van der Waals surface area contributed by atoms with Gasteiger partial charge in [0, 0.05) is 21.7 Å². The summed E-state index contributed by atoms with van der Waals surface area (Å²) in [5, 5.41) is 87.3. The summed E-state index contributed by atoms with van der Waals surface area (Å²) in [7, 11) is 0. The van der Waals surface area contributed by atoms with Crippen LogP contribution < -0.4 is 0 Å². The Bertz CT molecular complexity index is 628. The number of hydrogen-bond acceptors (Lipinski definition) is 8. The van der Waals surface area contributed by atoms with Crippen LogP contribution in [0, 0.1) is 21.7 Å². The molecule has 1 fully saturated rings. The first-order chi connectivity index (χ1) is 22.4. The molecule has 46 heavy (non-hydrogen) atoms.